The third-order valence-corrected chi connectivity index (χ3v) is 4.17. The quantitative estimate of drug-likeness (QED) is 0.920. The highest BCUT2D eigenvalue weighted by Crippen LogP contribution is 2.17. The lowest BCUT2D eigenvalue weighted by Gasteiger charge is -2.35. The maximum Gasteiger partial charge on any atom is 0.248 e. The van der Waals surface area contributed by atoms with E-state index in [0.717, 1.165) is 5.56 Å². The maximum absolute atomic E-state index is 12.4. The van der Waals surface area contributed by atoms with Crippen molar-refractivity contribution in [1.29, 1.82) is 0 Å². The number of nitrogens with two attached hydrogens (primary N) is 1. The van der Waals surface area contributed by atoms with Crippen molar-refractivity contribution in [3.63, 3.8) is 0 Å². The van der Waals surface area contributed by atoms with Gasteiger partial charge in [0.25, 0.3) is 0 Å². The number of carbonyl (C=O) groups is 2. The van der Waals surface area contributed by atoms with Crippen LogP contribution in [0.1, 0.15) is 21.5 Å². The number of pyridine rings is 1. The monoisotopic (exact) mass is 324 g/mol. The zero-order chi connectivity index (χ0) is 17.1. The number of primary amides is 1. The molecule has 6 nitrogen and oxygen atoms in total. The summed E-state index contributed by atoms with van der Waals surface area (Å²) in [6.07, 6.45) is 1.54. The number of carbonyl (C=O) groups excluding carboxylic acids is 2. The number of rotatable bonds is 4. The number of benzene rings is 1. The van der Waals surface area contributed by atoms with Crippen LogP contribution in [-0.4, -0.2) is 41.3 Å². The Labute approximate surface area is 140 Å². The zero-order valence-electron chi connectivity index (χ0n) is 13.6. The van der Waals surface area contributed by atoms with E-state index in [1.165, 1.54) is 5.56 Å². The summed E-state index contributed by atoms with van der Waals surface area (Å²) in [5, 5.41) is 0. The molecule has 2 N–H and O–H groups in total. The van der Waals surface area contributed by atoms with Gasteiger partial charge in [0.15, 0.2) is 0 Å². The van der Waals surface area contributed by atoms with Crippen LogP contribution < -0.4 is 10.6 Å². The smallest absolute Gasteiger partial charge is 0.248 e. The Bertz CT molecular complexity index is 758. The van der Waals surface area contributed by atoms with E-state index in [0.29, 0.717) is 31.0 Å². The van der Waals surface area contributed by atoms with Crippen LogP contribution in [0.15, 0.2) is 42.6 Å². The van der Waals surface area contributed by atoms with Gasteiger partial charge in [0, 0.05) is 31.4 Å². The number of aromatic nitrogens is 1. The van der Waals surface area contributed by atoms with Crippen molar-refractivity contribution in [2.75, 3.05) is 24.5 Å². The average Bonchev–Trinajstić information content (AvgIpc) is 2.58. The first kappa shape index (κ1) is 16.0. The molecular formula is C18H20N4O2. The van der Waals surface area contributed by atoms with Crippen LogP contribution in [0.2, 0.25) is 0 Å². The largest absolute Gasteiger partial charge is 0.366 e. The Morgan fingerprint density at radius 1 is 1.21 bits per heavy atom. The topological polar surface area (TPSA) is 79.5 Å². The minimum atomic E-state index is -0.497. The van der Waals surface area contributed by atoms with Crippen molar-refractivity contribution in [2.45, 2.75) is 13.5 Å². The fourth-order valence-corrected chi connectivity index (χ4v) is 2.73. The molecule has 0 atom stereocenters. The van der Waals surface area contributed by atoms with Crippen LogP contribution in [0.5, 0.6) is 0 Å². The van der Waals surface area contributed by atoms with E-state index in [9.17, 15) is 9.59 Å². The van der Waals surface area contributed by atoms with Gasteiger partial charge >= 0.3 is 0 Å². The number of amides is 2. The summed E-state index contributed by atoms with van der Waals surface area (Å²) in [4.78, 5) is 31.7. The molecule has 0 spiro atoms. The summed E-state index contributed by atoms with van der Waals surface area (Å²) >= 11 is 0. The Hall–Kier alpha value is -2.89. The first-order valence-corrected chi connectivity index (χ1v) is 7.87. The van der Waals surface area contributed by atoms with Crippen LogP contribution in [-0.2, 0) is 11.3 Å². The molecule has 2 amide bonds. The minimum absolute atomic E-state index is 0.0492. The molecule has 1 saturated heterocycles. The Morgan fingerprint density at radius 2 is 1.96 bits per heavy atom. The predicted molar refractivity (Wildman–Crippen MR) is 91.6 cm³/mol. The molecule has 24 heavy (non-hydrogen) atoms. The molecule has 6 heteroatoms. The third-order valence-electron chi connectivity index (χ3n) is 4.17. The molecule has 1 aromatic heterocycles. The molecular weight excluding hydrogens is 304 g/mol. The van der Waals surface area contributed by atoms with Crippen molar-refractivity contribution in [3.05, 3.63) is 59.3 Å². The second-order valence-corrected chi connectivity index (χ2v) is 5.99. The first-order chi connectivity index (χ1) is 11.5. The zero-order valence-corrected chi connectivity index (χ0v) is 13.6. The van der Waals surface area contributed by atoms with E-state index in [2.05, 4.69) is 17.1 Å². The lowest BCUT2D eigenvalue weighted by Crippen LogP contribution is -2.50. The SMILES string of the molecule is Cc1ccc(CN2CCN(c3cc(C(N)=O)ccn3)CC2=O)cc1. The van der Waals surface area contributed by atoms with E-state index >= 15 is 0 Å². The molecule has 0 bridgehead atoms. The molecule has 0 saturated carbocycles. The van der Waals surface area contributed by atoms with E-state index in [1.807, 2.05) is 28.9 Å². The van der Waals surface area contributed by atoms with Gasteiger partial charge in [-0.05, 0) is 24.6 Å². The molecule has 0 aliphatic carbocycles. The summed E-state index contributed by atoms with van der Waals surface area (Å²) in [7, 11) is 0. The lowest BCUT2D eigenvalue weighted by molar-refractivity contribution is -0.131. The molecule has 1 fully saturated rings. The number of aryl methyl sites for hydroxylation is 1. The van der Waals surface area contributed by atoms with Crippen molar-refractivity contribution in [3.8, 4) is 0 Å². The molecule has 1 aliphatic heterocycles. The highest BCUT2D eigenvalue weighted by atomic mass is 16.2. The van der Waals surface area contributed by atoms with Gasteiger partial charge in [-0.15, -0.1) is 0 Å². The van der Waals surface area contributed by atoms with E-state index in [4.69, 9.17) is 5.73 Å². The van der Waals surface area contributed by atoms with Gasteiger partial charge in [0.05, 0.1) is 6.54 Å². The van der Waals surface area contributed by atoms with Crippen LogP contribution in [0.4, 0.5) is 5.82 Å². The molecule has 0 unspecified atom stereocenters. The van der Waals surface area contributed by atoms with Crippen LogP contribution in [0.25, 0.3) is 0 Å². The van der Waals surface area contributed by atoms with E-state index in [1.54, 1.807) is 18.3 Å². The maximum atomic E-state index is 12.4. The van der Waals surface area contributed by atoms with Crippen molar-refractivity contribution < 1.29 is 9.59 Å². The first-order valence-electron chi connectivity index (χ1n) is 7.87. The highest BCUT2D eigenvalue weighted by molar-refractivity contribution is 5.93. The lowest BCUT2D eigenvalue weighted by atomic mass is 10.1. The molecule has 0 radical (unpaired) electrons. The highest BCUT2D eigenvalue weighted by Gasteiger charge is 2.25. The van der Waals surface area contributed by atoms with Crippen LogP contribution in [0, 0.1) is 6.92 Å². The molecule has 3 rings (SSSR count). The fraction of sp³-hybridized carbons (Fsp3) is 0.278. The minimum Gasteiger partial charge on any atom is -0.366 e. The number of piperazine rings is 1. The molecule has 124 valence electrons. The molecule has 1 aliphatic rings. The van der Waals surface area contributed by atoms with Gasteiger partial charge in [-0.1, -0.05) is 29.8 Å². The van der Waals surface area contributed by atoms with Crippen molar-refractivity contribution >= 4 is 17.6 Å². The number of anilines is 1. The van der Waals surface area contributed by atoms with Gasteiger partial charge in [0.2, 0.25) is 11.8 Å². The third kappa shape index (κ3) is 3.53. The van der Waals surface area contributed by atoms with Gasteiger partial charge < -0.3 is 15.5 Å². The summed E-state index contributed by atoms with van der Waals surface area (Å²) in [5.74, 6) is 0.158. The van der Waals surface area contributed by atoms with Crippen molar-refractivity contribution in [1.82, 2.24) is 9.88 Å². The average molecular weight is 324 g/mol. The number of nitrogens with zero attached hydrogens (tertiary/aromatic N) is 3. The van der Waals surface area contributed by atoms with E-state index < -0.39 is 5.91 Å². The normalized spacial score (nSPS) is 14.8. The number of hydrogen-bond donors (Lipinski definition) is 1. The fourth-order valence-electron chi connectivity index (χ4n) is 2.73. The standard InChI is InChI=1S/C18H20N4O2/c1-13-2-4-14(5-3-13)11-22-9-8-21(12-17(22)23)16-10-15(18(19)24)6-7-20-16/h2-7,10H,8-9,11-12H2,1H3,(H2,19,24). The Kier molecular flexibility index (Phi) is 4.46. The van der Waals surface area contributed by atoms with Gasteiger partial charge in [-0.25, -0.2) is 4.98 Å². The van der Waals surface area contributed by atoms with Gasteiger partial charge in [-0.2, -0.15) is 0 Å². The van der Waals surface area contributed by atoms with E-state index in [-0.39, 0.29) is 12.5 Å². The molecule has 2 heterocycles. The summed E-state index contributed by atoms with van der Waals surface area (Å²) in [6.45, 7) is 4.20. The number of hydrogen-bond acceptors (Lipinski definition) is 4. The second-order valence-electron chi connectivity index (χ2n) is 5.99. The Balaban J connectivity index is 1.67. The van der Waals surface area contributed by atoms with Gasteiger partial charge in [-0.3, -0.25) is 9.59 Å². The van der Waals surface area contributed by atoms with Gasteiger partial charge in [0.1, 0.15) is 5.82 Å². The second kappa shape index (κ2) is 6.70. The van der Waals surface area contributed by atoms with Crippen LogP contribution in [0.3, 0.4) is 0 Å². The predicted octanol–water partition coefficient (Wildman–Crippen LogP) is 1.34. The summed E-state index contributed by atoms with van der Waals surface area (Å²) in [6, 6.07) is 11.4. The Morgan fingerprint density at radius 3 is 2.62 bits per heavy atom. The molecule has 2 aromatic rings. The van der Waals surface area contributed by atoms with Crippen LogP contribution >= 0.6 is 0 Å². The summed E-state index contributed by atoms with van der Waals surface area (Å²) < 4.78 is 0. The van der Waals surface area contributed by atoms with Crippen molar-refractivity contribution in [2.24, 2.45) is 5.73 Å². The summed E-state index contributed by atoms with van der Waals surface area (Å²) in [5.41, 5.74) is 8.02. The molecule has 1 aromatic carbocycles.